The fourth-order valence-corrected chi connectivity index (χ4v) is 3.99. The first-order valence-corrected chi connectivity index (χ1v) is 9.69. The van der Waals surface area contributed by atoms with Crippen LogP contribution >= 0.6 is 0 Å². The van der Waals surface area contributed by atoms with Crippen LogP contribution < -0.4 is 4.74 Å². The average Bonchev–Trinajstić information content (AvgIpc) is 3.31. The van der Waals surface area contributed by atoms with Crippen molar-refractivity contribution in [3.8, 4) is 5.75 Å². The second-order valence-corrected chi connectivity index (χ2v) is 7.56. The van der Waals surface area contributed by atoms with Crippen LogP contribution in [-0.4, -0.2) is 46.5 Å². The van der Waals surface area contributed by atoms with Gasteiger partial charge in [0.25, 0.3) is 0 Å². The Morgan fingerprint density at radius 2 is 2.11 bits per heavy atom. The summed E-state index contributed by atoms with van der Waals surface area (Å²) in [5, 5.41) is 17.3. The monoisotopic (exact) mass is 365 g/mol. The van der Waals surface area contributed by atoms with Gasteiger partial charge >= 0.3 is 0 Å². The van der Waals surface area contributed by atoms with Crippen molar-refractivity contribution in [1.82, 2.24) is 15.1 Å². The van der Waals surface area contributed by atoms with Gasteiger partial charge in [0.1, 0.15) is 12.4 Å². The van der Waals surface area contributed by atoms with Crippen molar-refractivity contribution in [2.75, 3.05) is 26.3 Å². The molecule has 1 fully saturated rings. The lowest BCUT2D eigenvalue weighted by Crippen LogP contribution is -2.20. The molecule has 1 aromatic heterocycles. The maximum atomic E-state index is 8.98. The fraction of sp³-hybridized carbons (Fsp3) is 0.409. The number of rotatable bonds is 7. The first-order valence-electron chi connectivity index (χ1n) is 9.69. The maximum absolute atomic E-state index is 8.98. The van der Waals surface area contributed by atoms with Gasteiger partial charge in [-0.15, -0.1) is 0 Å². The number of fused-ring (bicyclic) bond motifs is 1. The van der Waals surface area contributed by atoms with Gasteiger partial charge < -0.3 is 9.84 Å². The zero-order valence-electron chi connectivity index (χ0n) is 15.8. The third-order valence-electron chi connectivity index (χ3n) is 5.41. The molecule has 2 N–H and O–H groups in total. The van der Waals surface area contributed by atoms with Crippen LogP contribution in [0.15, 0.2) is 42.6 Å². The van der Waals surface area contributed by atoms with Crippen LogP contribution in [0.2, 0.25) is 0 Å². The number of aromatic amines is 1. The van der Waals surface area contributed by atoms with Crippen LogP contribution in [0.25, 0.3) is 10.9 Å². The molecule has 4 rings (SSSR count). The van der Waals surface area contributed by atoms with Gasteiger partial charge in [-0.25, -0.2) is 0 Å². The summed E-state index contributed by atoms with van der Waals surface area (Å²) in [7, 11) is 0. The largest absolute Gasteiger partial charge is 0.491 e. The smallest absolute Gasteiger partial charge is 0.122 e. The van der Waals surface area contributed by atoms with E-state index in [9.17, 15) is 0 Å². The second kappa shape index (κ2) is 8.11. The summed E-state index contributed by atoms with van der Waals surface area (Å²) in [6.45, 7) is 5.65. The molecule has 0 radical (unpaired) electrons. The van der Waals surface area contributed by atoms with Crippen molar-refractivity contribution >= 4 is 10.9 Å². The minimum absolute atomic E-state index is 0.0437. The zero-order chi connectivity index (χ0) is 18.6. The number of H-pyrrole nitrogens is 1. The summed E-state index contributed by atoms with van der Waals surface area (Å²) in [4.78, 5) is 2.53. The number of hydrogen-bond acceptors (Lipinski definition) is 4. The number of aromatic nitrogens is 2. The van der Waals surface area contributed by atoms with Gasteiger partial charge in [-0.05, 0) is 67.1 Å². The molecule has 0 aliphatic carbocycles. The highest BCUT2D eigenvalue weighted by Gasteiger charge is 2.23. The van der Waals surface area contributed by atoms with Crippen molar-refractivity contribution in [2.45, 2.75) is 26.3 Å². The Morgan fingerprint density at radius 1 is 1.22 bits per heavy atom. The Kier molecular flexibility index (Phi) is 5.41. The van der Waals surface area contributed by atoms with Crippen LogP contribution in [0.5, 0.6) is 5.75 Å². The van der Waals surface area contributed by atoms with Gasteiger partial charge in [0.05, 0.1) is 18.3 Å². The van der Waals surface area contributed by atoms with E-state index in [-0.39, 0.29) is 6.61 Å². The van der Waals surface area contributed by atoms with Gasteiger partial charge in [0.2, 0.25) is 0 Å². The Balaban J connectivity index is 1.35. The van der Waals surface area contributed by atoms with Crippen LogP contribution in [0, 0.1) is 12.8 Å². The summed E-state index contributed by atoms with van der Waals surface area (Å²) in [5.74, 6) is 1.58. The number of nitrogens with zero attached hydrogens (tertiary/aromatic N) is 2. The van der Waals surface area contributed by atoms with E-state index in [2.05, 4.69) is 51.5 Å². The predicted molar refractivity (Wildman–Crippen MR) is 107 cm³/mol. The second-order valence-electron chi connectivity index (χ2n) is 7.56. The molecule has 0 saturated carbocycles. The number of hydrogen-bond donors (Lipinski definition) is 2. The van der Waals surface area contributed by atoms with E-state index in [1.54, 1.807) is 0 Å². The molecule has 142 valence electrons. The number of likely N-dealkylation sites (tertiary alicyclic amines) is 1. The van der Waals surface area contributed by atoms with E-state index < -0.39 is 0 Å². The summed E-state index contributed by atoms with van der Waals surface area (Å²) in [6, 6.07) is 13.0. The van der Waals surface area contributed by atoms with Crippen molar-refractivity contribution in [2.24, 2.45) is 5.92 Å². The van der Waals surface area contributed by atoms with Crippen molar-refractivity contribution in [3.05, 3.63) is 59.3 Å². The van der Waals surface area contributed by atoms with E-state index in [0.717, 1.165) is 42.9 Å². The van der Waals surface area contributed by atoms with Crippen molar-refractivity contribution in [1.29, 1.82) is 0 Å². The van der Waals surface area contributed by atoms with Crippen molar-refractivity contribution in [3.63, 3.8) is 0 Å². The van der Waals surface area contributed by atoms with E-state index in [0.29, 0.717) is 12.5 Å². The number of aryl methyl sites for hydroxylation is 1. The molecule has 27 heavy (non-hydrogen) atoms. The molecule has 1 aliphatic heterocycles. The summed E-state index contributed by atoms with van der Waals surface area (Å²) in [5.41, 5.74) is 4.88. The number of aliphatic hydroxyl groups is 1. The average molecular weight is 365 g/mol. The highest BCUT2D eigenvalue weighted by Crippen LogP contribution is 2.26. The molecule has 2 aromatic carbocycles. The zero-order valence-corrected chi connectivity index (χ0v) is 15.8. The fourth-order valence-electron chi connectivity index (χ4n) is 3.99. The molecule has 3 aromatic rings. The van der Waals surface area contributed by atoms with Crippen LogP contribution in [0.4, 0.5) is 0 Å². The third-order valence-corrected chi connectivity index (χ3v) is 5.41. The molecule has 1 aliphatic rings. The first-order chi connectivity index (χ1) is 13.2. The number of nitrogens with one attached hydrogen (secondary N) is 1. The third kappa shape index (κ3) is 4.31. The molecular weight excluding hydrogens is 338 g/mol. The van der Waals surface area contributed by atoms with Crippen molar-refractivity contribution < 1.29 is 9.84 Å². The van der Waals surface area contributed by atoms with E-state index in [4.69, 9.17) is 9.84 Å². The Hall–Kier alpha value is -2.37. The van der Waals surface area contributed by atoms with Gasteiger partial charge in [0.15, 0.2) is 0 Å². The van der Waals surface area contributed by atoms with Gasteiger partial charge in [-0.3, -0.25) is 10.00 Å². The molecule has 0 unspecified atom stereocenters. The normalized spacial score (nSPS) is 17.6. The van der Waals surface area contributed by atoms with Crippen LogP contribution in [0.3, 0.4) is 0 Å². The lowest BCUT2D eigenvalue weighted by Gasteiger charge is -2.17. The summed E-state index contributed by atoms with van der Waals surface area (Å²) in [6.07, 6.45) is 4.26. The van der Waals surface area contributed by atoms with Crippen LogP contribution in [0.1, 0.15) is 23.1 Å². The first kappa shape index (κ1) is 18.0. The van der Waals surface area contributed by atoms with Gasteiger partial charge in [-0.1, -0.05) is 18.2 Å². The molecule has 5 heteroatoms. The van der Waals surface area contributed by atoms with E-state index in [1.165, 1.54) is 22.9 Å². The van der Waals surface area contributed by atoms with Crippen LogP contribution in [-0.2, 0) is 13.0 Å². The minimum Gasteiger partial charge on any atom is -0.491 e. The van der Waals surface area contributed by atoms with E-state index in [1.807, 2.05) is 13.1 Å². The van der Waals surface area contributed by atoms with Gasteiger partial charge in [0, 0.05) is 18.5 Å². The molecule has 1 saturated heterocycles. The molecule has 0 amide bonds. The minimum atomic E-state index is 0.0437. The molecule has 5 nitrogen and oxygen atoms in total. The maximum Gasteiger partial charge on any atom is 0.122 e. The predicted octanol–water partition coefficient (Wildman–Crippen LogP) is 3.31. The molecule has 0 spiro atoms. The quantitative estimate of drug-likeness (QED) is 0.674. The SMILES string of the molecule is Cc1ccc(CN2CC[C@@H](Cc3ccc4[nH]ncc4c3)C2)cc1OCCO. The lowest BCUT2D eigenvalue weighted by molar-refractivity contribution is 0.200. The highest BCUT2D eigenvalue weighted by atomic mass is 16.5. The highest BCUT2D eigenvalue weighted by molar-refractivity contribution is 5.78. The topological polar surface area (TPSA) is 61.4 Å². The Labute approximate surface area is 160 Å². The molecule has 1 atom stereocenters. The van der Waals surface area contributed by atoms with Gasteiger partial charge in [-0.2, -0.15) is 5.10 Å². The summed E-state index contributed by atoms with van der Waals surface area (Å²) < 4.78 is 5.64. The number of ether oxygens (including phenoxy) is 1. The Morgan fingerprint density at radius 3 is 3.00 bits per heavy atom. The standard InChI is InChI=1S/C22H27N3O2/c1-16-2-3-18(12-22(16)27-9-8-26)14-25-7-6-19(15-25)10-17-4-5-21-20(11-17)13-23-24-21/h2-5,11-13,19,26H,6-10,14-15H2,1H3,(H,23,24)/t19-/m0/s1. The molecular formula is C22H27N3O2. The number of benzene rings is 2. The lowest BCUT2D eigenvalue weighted by atomic mass is 9.98. The molecule has 2 heterocycles. The summed E-state index contributed by atoms with van der Waals surface area (Å²) >= 11 is 0. The number of aliphatic hydroxyl groups excluding tert-OH is 1. The molecule has 0 bridgehead atoms. The van der Waals surface area contributed by atoms with E-state index >= 15 is 0 Å². The Bertz CT molecular complexity index is 905.